The van der Waals surface area contributed by atoms with Crippen molar-refractivity contribution in [2.24, 2.45) is 0 Å². The third-order valence-corrected chi connectivity index (χ3v) is 5.62. The topological polar surface area (TPSA) is 0 Å². The Bertz CT molecular complexity index is 716. The Hall–Kier alpha value is -1.96. The van der Waals surface area contributed by atoms with E-state index < -0.39 is 5.92 Å². The molecule has 0 bridgehead atoms. The van der Waals surface area contributed by atoms with Gasteiger partial charge < -0.3 is 0 Å². The van der Waals surface area contributed by atoms with Crippen LogP contribution in [0.1, 0.15) is 73.6 Å². The number of rotatable bonds is 7. The molecule has 3 rings (SSSR count). The molecule has 0 aromatic heterocycles. The number of allylic oxidation sites excluding steroid dienone is 1. The van der Waals surface area contributed by atoms with Crippen LogP contribution in [0.4, 0.5) is 8.78 Å². The number of alkyl halides is 2. The van der Waals surface area contributed by atoms with Gasteiger partial charge in [0, 0.05) is 12.8 Å². The van der Waals surface area contributed by atoms with Gasteiger partial charge in [-0.3, -0.25) is 0 Å². The van der Waals surface area contributed by atoms with E-state index in [2.05, 4.69) is 67.6 Å². The Morgan fingerprint density at radius 3 is 2.00 bits per heavy atom. The van der Waals surface area contributed by atoms with Gasteiger partial charge in [0.25, 0.3) is 0 Å². The van der Waals surface area contributed by atoms with Crippen molar-refractivity contribution in [2.45, 2.75) is 70.1 Å². The number of unbranched alkanes of at least 4 members (excludes halogenated alkanes) is 1. The fourth-order valence-electron chi connectivity index (χ4n) is 3.80. The molecular formula is C25H30F2. The van der Waals surface area contributed by atoms with Crippen molar-refractivity contribution < 1.29 is 8.78 Å². The molecule has 27 heavy (non-hydrogen) atoms. The summed E-state index contributed by atoms with van der Waals surface area (Å²) in [6.45, 7) is 2.19. The van der Waals surface area contributed by atoms with Crippen LogP contribution in [0.2, 0.25) is 0 Å². The number of benzene rings is 2. The van der Waals surface area contributed by atoms with E-state index in [9.17, 15) is 8.78 Å². The second-order valence-electron chi connectivity index (χ2n) is 7.80. The zero-order valence-electron chi connectivity index (χ0n) is 16.3. The molecule has 1 aliphatic carbocycles. The van der Waals surface area contributed by atoms with Crippen LogP contribution in [-0.4, -0.2) is 5.92 Å². The zero-order valence-corrected chi connectivity index (χ0v) is 16.3. The summed E-state index contributed by atoms with van der Waals surface area (Å²) >= 11 is 0. The zero-order chi connectivity index (χ0) is 19.1. The van der Waals surface area contributed by atoms with Crippen molar-refractivity contribution >= 4 is 6.08 Å². The van der Waals surface area contributed by atoms with Crippen molar-refractivity contribution in [3.63, 3.8) is 0 Å². The molecule has 2 aromatic rings. The SMILES string of the molecule is CCCC=Cc1ccc(CCc2ccc(C3CCC(F)(F)CC3)cc2)cc1. The molecule has 2 aromatic carbocycles. The average molecular weight is 369 g/mol. The van der Waals surface area contributed by atoms with Crippen LogP contribution in [0.15, 0.2) is 54.6 Å². The van der Waals surface area contributed by atoms with Crippen LogP contribution >= 0.6 is 0 Å². The first-order valence-corrected chi connectivity index (χ1v) is 10.3. The minimum atomic E-state index is -2.45. The van der Waals surface area contributed by atoms with E-state index in [-0.39, 0.29) is 12.8 Å². The Labute approximate surface area is 162 Å². The van der Waals surface area contributed by atoms with Crippen LogP contribution in [0.25, 0.3) is 6.08 Å². The van der Waals surface area contributed by atoms with Crippen LogP contribution in [0.3, 0.4) is 0 Å². The lowest BCUT2D eigenvalue weighted by atomic mass is 9.82. The molecule has 0 N–H and O–H groups in total. The second-order valence-corrected chi connectivity index (χ2v) is 7.80. The van der Waals surface area contributed by atoms with Gasteiger partial charge in [-0.25, -0.2) is 8.78 Å². The van der Waals surface area contributed by atoms with Gasteiger partial charge in [-0.1, -0.05) is 74.0 Å². The van der Waals surface area contributed by atoms with Crippen molar-refractivity contribution in [2.75, 3.05) is 0 Å². The van der Waals surface area contributed by atoms with E-state index in [4.69, 9.17) is 0 Å². The maximum absolute atomic E-state index is 13.3. The standard InChI is InChI=1S/C25H30F2/c1-2-3-4-5-20-6-8-21(9-7-20)10-11-22-12-14-23(15-13-22)24-16-18-25(26,27)19-17-24/h4-9,12-15,24H,2-3,10-11,16-19H2,1H3. The summed E-state index contributed by atoms with van der Waals surface area (Å²) in [5.74, 6) is -2.15. The second kappa shape index (κ2) is 9.30. The van der Waals surface area contributed by atoms with E-state index >= 15 is 0 Å². The molecule has 1 fully saturated rings. The molecule has 1 saturated carbocycles. The van der Waals surface area contributed by atoms with Gasteiger partial charge in [0.2, 0.25) is 5.92 Å². The summed E-state index contributed by atoms with van der Waals surface area (Å²) in [5.41, 5.74) is 5.14. The number of halogens is 2. The summed E-state index contributed by atoms with van der Waals surface area (Å²) in [5, 5.41) is 0. The minimum absolute atomic E-state index is 0.0308. The fourth-order valence-corrected chi connectivity index (χ4v) is 3.80. The summed E-state index contributed by atoms with van der Waals surface area (Å²) in [6.07, 6.45) is 10.0. The lowest BCUT2D eigenvalue weighted by Gasteiger charge is -2.28. The summed E-state index contributed by atoms with van der Waals surface area (Å²) in [7, 11) is 0. The molecule has 0 aliphatic heterocycles. The highest BCUT2D eigenvalue weighted by atomic mass is 19.3. The maximum atomic E-state index is 13.3. The third kappa shape index (κ3) is 6.02. The van der Waals surface area contributed by atoms with Gasteiger partial charge in [0.15, 0.2) is 0 Å². The van der Waals surface area contributed by atoms with Gasteiger partial charge >= 0.3 is 0 Å². The molecule has 0 heterocycles. The first-order chi connectivity index (χ1) is 13.1. The van der Waals surface area contributed by atoms with Gasteiger partial charge in [-0.15, -0.1) is 0 Å². The predicted octanol–water partition coefficient (Wildman–Crippen LogP) is 7.58. The highest BCUT2D eigenvalue weighted by molar-refractivity contribution is 5.49. The summed E-state index contributed by atoms with van der Waals surface area (Å²) in [6, 6.07) is 17.4. The molecule has 2 heteroatoms. The molecule has 0 saturated heterocycles. The number of hydrogen-bond acceptors (Lipinski definition) is 0. The molecule has 0 radical (unpaired) electrons. The molecule has 0 nitrogen and oxygen atoms in total. The molecular weight excluding hydrogens is 338 g/mol. The Morgan fingerprint density at radius 1 is 0.889 bits per heavy atom. The third-order valence-electron chi connectivity index (χ3n) is 5.62. The first-order valence-electron chi connectivity index (χ1n) is 10.3. The van der Waals surface area contributed by atoms with Crippen LogP contribution < -0.4 is 0 Å². The van der Waals surface area contributed by atoms with Gasteiger partial charge in [0.1, 0.15) is 0 Å². The monoisotopic (exact) mass is 368 g/mol. The quantitative estimate of drug-likeness (QED) is 0.472. The molecule has 1 aliphatic rings. The van der Waals surface area contributed by atoms with Crippen LogP contribution in [0.5, 0.6) is 0 Å². The van der Waals surface area contributed by atoms with Crippen LogP contribution in [-0.2, 0) is 12.8 Å². The molecule has 0 spiro atoms. The van der Waals surface area contributed by atoms with E-state index in [0.29, 0.717) is 18.8 Å². The summed E-state index contributed by atoms with van der Waals surface area (Å²) < 4.78 is 26.6. The van der Waals surface area contributed by atoms with Gasteiger partial charge in [0.05, 0.1) is 0 Å². The van der Waals surface area contributed by atoms with Crippen molar-refractivity contribution in [1.82, 2.24) is 0 Å². The Balaban J connectivity index is 1.50. The minimum Gasteiger partial charge on any atom is -0.207 e. The molecule has 0 atom stereocenters. The predicted molar refractivity (Wildman–Crippen MR) is 110 cm³/mol. The van der Waals surface area contributed by atoms with Crippen LogP contribution in [0, 0.1) is 0 Å². The lowest BCUT2D eigenvalue weighted by molar-refractivity contribution is -0.0382. The van der Waals surface area contributed by atoms with Gasteiger partial charge in [-0.2, -0.15) is 0 Å². The van der Waals surface area contributed by atoms with E-state index in [1.807, 2.05) is 0 Å². The molecule has 0 unspecified atom stereocenters. The first kappa shape index (κ1) is 19.8. The van der Waals surface area contributed by atoms with Crippen molar-refractivity contribution in [1.29, 1.82) is 0 Å². The fraction of sp³-hybridized carbons (Fsp3) is 0.440. The molecule has 0 amide bonds. The lowest BCUT2D eigenvalue weighted by Crippen LogP contribution is -2.23. The van der Waals surface area contributed by atoms with E-state index in [0.717, 1.165) is 19.3 Å². The van der Waals surface area contributed by atoms with Crippen molar-refractivity contribution in [3.05, 3.63) is 76.9 Å². The average Bonchev–Trinajstić information content (AvgIpc) is 2.68. The highest BCUT2D eigenvalue weighted by Gasteiger charge is 2.35. The molecule has 144 valence electrons. The summed E-state index contributed by atoms with van der Waals surface area (Å²) in [4.78, 5) is 0. The number of hydrogen-bond donors (Lipinski definition) is 0. The smallest absolute Gasteiger partial charge is 0.207 e. The van der Waals surface area contributed by atoms with E-state index in [1.165, 1.54) is 28.7 Å². The Morgan fingerprint density at radius 2 is 1.44 bits per heavy atom. The van der Waals surface area contributed by atoms with E-state index in [1.54, 1.807) is 0 Å². The normalized spacial score (nSPS) is 17.4. The number of aryl methyl sites for hydroxylation is 2. The van der Waals surface area contributed by atoms with Crippen molar-refractivity contribution in [3.8, 4) is 0 Å². The highest BCUT2D eigenvalue weighted by Crippen LogP contribution is 2.40. The van der Waals surface area contributed by atoms with Gasteiger partial charge in [-0.05, 0) is 60.3 Å². The largest absolute Gasteiger partial charge is 0.248 e. The maximum Gasteiger partial charge on any atom is 0.248 e. The Kier molecular flexibility index (Phi) is 6.82.